The molecule has 1 atom stereocenters. The van der Waals surface area contributed by atoms with Crippen LogP contribution in [0.3, 0.4) is 0 Å². The van der Waals surface area contributed by atoms with E-state index < -0.39 is 10.0 Å². The van der Waals surface area contributed by atoms with Crippen molar-refractivity contribution in [2.75, 3.05) is 20.1 Å². The Labute approximate surface area is 179 Å². The van der Waals surface area contributed by atoms with Crippen LogP contribution in [0.5, 0.6) is 0 Å². The fourth-order valence-electron chi connectivity index (χ4n) is 3.49. The number of carbonyl (C=O) groups is 1. The van der Waals surface area contributed by atoms with Gasteiger partial charge in [-0.15, -0.1) is 0 Å². The number of hydrogen-bond acceptors (Lipinski definition) is 5. The van der Waals surface area contributed by atoms with Crippen molar-refractivity contribution in [2.45, 2.75) is 64.4 Å². The first-order valence-electron chi connectivity index (χ1n) is 10.3. The molecule has 0 fully saturated rings. The third-order valence-corrected chi connectivity index (χ3v) is 7.51. The number of fused-ring (bicyclic) bond motifs is 1. The second-order valence-electron chi connectivity index (χ2n) is 7.23. The van der Waals surface area contributed by atoms with Gasteiger partial charge >= 0.3 is 0 Å². The maximum absolute atomic E-state index is 12.8. The minimum absolute atomic E-state index is 0.0442. The first-order valence-corrected chi connectivity index (χ1v) is 11.8. The normalized spacial score (nSPS) is 12.8. The number of carbonyl (C=O) groups excluding carboxylic acids is 1. The van der Waals surface area contributed by atoms with Crippen molar-refractivity contribution in [3.05, 3.63) is 24.0 Å². The molecule has 0 spiro atoms. The molecule has 1 heterocycles. The van der Waals surface area contributed by atoms with Gasteiger partial charge in [-0.25, -0.2) is 13.4 Å². The van der Waals surface area contributed by atoms with E-state index in [0.29, 0.717) is 38.0 Å². The average molecular weight is 434 g/mol. The molecule has 30 heavy (non-hydrogen) atoms. The van der Waals surface area contributed by atoms with Crippen LogP contribution < -0.4 is 0 Å². The summed E-state index contributed by atoms with van der Waals surface area (Å²) >= 11 is 0. The highest BCUT2D eigenvalue weighted by molar-refractivity contribution is 7.89. The number of aromatic nitrogens is 2. The number of sulfonamides is 1. The molecule has 0 N–H and O–H groups in total. The molecule has 0 aliphatic rings. The first-order chi connectivity index (χ1) is 14.2. The molecule has 164 valence electrons. The van der Waals surface area contributed by atoms with Gasteiger partial charge in [0.05, 0.1) is 28.4 Å². The summed E-state index contributed by atoms with van der Waals surface area (Å²) < 4.78 is 29.1. The predicted molar refractivity (Wildman–Crippen MR) is 116 cm³/mol. The minimum Gasteiger partial charge on any atom is -0.342 e. The minimum atomic E-state index is -3.56. The smallest absolute Gasteiger partial charge is 0.243 e. The van der Waals surface area contributed by atoms with Crippen LogP contribution in [-0.2, 0) is 27.8 Å². The Bertz CT molecular complexity index is 1030. The maximum Gasteiger partial charge on any atom is 0.243 e. The zero-order valence-electron chi connectivity index (χ0n) is 18.4. The lowest BCUT2D eigenvalue weighted by atomic mass is 10.2. The summed E-state index contributed by atoms with van der Waals surface area (Å²) in [5.41, 5.74) is 1.46. The van der Waals surface area contributed by atoms with Crippen LogP contribution in [0, 0.1) is 11.3 Å². The highest BCUT2D eigenvalue weighted by Gasteiger charge is 2.23. The van der Waals surface area contributed by atoms with Gasteiger partial charge in [0.2, 0.25) is 15.9 Å². The molecule has 0 bridgehead atoms. The Kier molecular flexibility index (Phi) is 7.98. The van der Waals surface area contributed by atoms with Gasteiger partial charge in [-0.05, 0) is 32.0 Å². The van der Waals surface area contributed by atoms with E-state index in [2.05, 4.69) is 11.1 Å². The lowest BCUT2D eigenvalue weighted by Crippen LogP contribution is -2.35. The third-order valence-electron chi connectivity index (χ3n) is 5.46. The van der Waals surface area contributed by atoms with E-state index in [1.807, 2.05) is 32.3 Å². The van der Waals surface area contributed by atoms with E-state index in [1.54, 1.807) is 30.1 Å². The molecule has 0 saturated carbocycles. The molecule has 2 aromatic rings. The summed E-state index contributed by atoms with van der Waals surface area (Å²) in [7, 11) is -1.85. The van der Waals surface area contributed by atoms with Crippen molar-refractivity contribution < 1.29 is 13.2 Å². The zero-order chi connectivity index (χ0) is 22.5. The molecular formula is C21H31N5O3S. The molecule has 0 saturated heterocycles. The van der Waals surface area contributed by atoms with Crippen LogP contribution in [0.1, 0.15) is 46.4 Å². The molecule has 0 aliphatic heterocycles. The Morgan fingerprint density at radius 3 is 2.50 bits per heavy atom. The number of benzene rings is 1. The lowest BCUT2D eigenvalue weighted by Gasteiger charge is -2.22. The largest absolute Gasteiger partial charge is 0.342 e. The fraction of sp³-hybridized carbons (Fsp3) is 0.571. The molecule has 0 radical (unpaired) electrons. The molecule has 1 amide bonds. The van der Waals surface area contributed by atoms with E-state index in [0.717, 1.165) is 11.3 Å². The number of imidazole rings is 1. The van der Waals surface area contributed by atoms with Crippen molar-refractivity contribution >= 4 is 27.0 Å². The second kappa shape index (κ2) is 10.0. The summed E-state index contributed by atoms with van der Waals surface area (Å²) in [5.74, 6) is 0.705. The van der Waals surface area contributed by atoms with Crippen LogP contribution >= 0.6 is 0 Å². The molecule has 9 heteroatoms. The molecule has 2 rings (SSSR count). The van der Waals surface area contributed by atoms with Gasteiger partial charge in [-0.1, -0.05) is 13.8 Å². The summed E-state index contributed by atoms with van der Waals surface area (Å²) in [5, 5.41) is 8.82. The molecule has 1 aromatic heterocycles. The topological polar surface area (TPSA) is 99.3 Å². The van der Waals surface area contributed by atoms with Gasteiger partial charge in [0.25, 0.3) is 0 Å². The standard InChI is InChI=1S/C21H31N5O3S/c1-6-25(7-2)30(28,29)17-9-10-19-18(15-17)23-20(26(19)8-3)11-12-21(27)24(5)16(4)13-14-22/h9-10,15-16H,6-8,11-13H2,1-5H3. The number of aryl methyl sites for hydroxylation is 2. The second-order valence-corrected chi connectivity index (χ2v) is 9.17. The Balaban J connectivity index is 2.30. The first kappa shape index (κ1) is 23.8. The van der Waals surface area contributed by atoms with Crippen molar-refractivity contribution in [3.8, 4) is 6.07 Å². The number of nitriles is 1. The van der Waals surface area contributed by atoms with Crippen LogP contribution in [0.15, 0.2) is 23.1 Å². The summed E-state index contributed by atoms with van der Waals surface area (Å²) in [6, 6.07) is 6.97. The van der Waals surface area contributed by atoms with Crippen molar-refractivity contribution in [3.63, 3.8) is 0 Å². The summed E-state index contributed by atoms with van der Waals surface area (Å²) in [6.45, 7) is 8.96. The fourth-order valence-corrected chi connectivity index (χ4v) is 4.96. The zero-order valence-corrected chi connectivity index (χ0v) is 19.2. The van der Waals surface area contributed by atoms with Gasteiger partial charge in [-0.2, -0.15) is 9.57 Å². The van der Waals surface area contributed by atoms with E-state index in [4.69, 9.17) is 5.26 Å². The third kappa shape index (κ3) is 4.82. The number of hydrogen-bond donors (Lipinski definition) is 0. The van der Waals surface area contributed by atoms with Crippen LogP contribution in [-0.4, -0.2) is 59.3 Å². The van der Waals surface area contributed by atoms with Crippen molar-refractivity contribution in [2.24, 2.45) is 0 Å². The van der Waals surface area contributed by atoms with Gasteiger partial charge in [0, 0.05) is 45.6 Å². The van der Waals surface area contributed by atoms with Crippen LogP contribution in [0.4, 0.5) is 0 Å². The van der Waals surface area contributed by atoms with E-state index in [-0.39, 0.29) is 23.3 Å². The van der Waals surface area contributed by atoms with Crippen LogP contribution in [0.2, 0.25) is 0 Å². The van der Waals surface area contributed by atoms with Gasteiger partial charge in [0.15, 0.2) is 0 Å². The van der Waals surface area contributed by atoms with Crippen molar-refractivity contribution in [1.82, 2.24) is 18.8 Å². The average Bonchev–Trinajstić information content (AvgIpc) is 3.08. The maximum atomic E-state index is 12.8. The molecule has 1 unspecified atom stereocenters. The SMILES string of the molecule is CCN(CC)S(=O)(=O)c1ccc2c(c1)nc(CCC(=O)N(C)C(C)CC#N)n2CC. The monoisotopic (exact) mass is 433 g/mol. The molecule has 1 aromatic carbocycles. The van der Waals surface area contributed by atoms with Crippen molar-refractivity contribution in [1.29, 1.82) is 5.26 Å². The molecular weight excluding hydrogens is 402 g/mol. The highest BCUT2D eigenvalue weighted by Crippen LogP contribution is 2.23. The lowest BCUT2D eigenvalue weighted by molar-refractivity contribution is -0.131. The number of rotatable bonds is 10. The van der Waals surface area contributed by atoms with Gasteiger partial charge in [0.1, 0.15) is 5.82 Å². The number of amides is 1. The number of nitrogens with zero attached hydrogens (tertiary/aromatic N) is 5. The van der Waals surface area contributed by atoms with Crippen LogP contribution in [0.25, 0.3) is 11.0 Å². The Morgan fingerprint density at radius 1 is 1.27 bits per heavy atom. The highest BCUT2D eigenvalue weighted by atomic mass is 32.2. The molecule has 0 aliphatic carbocycles. The van der Waals surface area contributed by atoms with E-state index in [9.17, 15) is 13.2 Å². The summed E-state index contributed by atoms with van der Waals surface area (Å²) in [6.07, 6.45) is 1.02. The molecule has 8 nitrogen and oxygen atoms in total. The van der Waals surface area contributed by atoms with Gasteiger partial charge < -0.3 is 9.47 Å². The summed E-state index contributed by atoms with van der Waals surface area (Å²) in [4.78, 5) is 18.9. The Morgan fingerprint density at radius 2 is 1.93 bits per heavy atom. The van der Waals surface area contributed by atoms with E-state index >= 15 is 0 Å². The Hall–Kier alpha value is -2.44. The predicted octanol–water partition coefficient (Wildman–Crippen LogP) is 2.78. The quantitative estimate of drug-likeness (QED) is 0.574. The van der Waals surface area contributed by atoms with E-state index in [1.165, 1.54) is 4.31 Å². The van der Waals surface area contributed by atoms with Gasteiger partial charge in [-0.3, -0.25) is 4.79 Å².